The Bertz CT molecular complexity index is 1820. The number of methoxy groups -OCH3 is 2. The summed E-state index contributed by atoms with van der Waals surface area (Å²) in [5.74, 6) is -2.75. The van der Waals surface area contributed by atoms with E-state index in [1.807, 2.05) is 4.31 Å². The lowest BCUT2D eigenvalue weighted by Gasteiger charge is -2.46. The number of alkyl halides is 3. The molecule has 8 nitrogen and oxygen atoms in total. The number of esters is 2. The van der Waals surface area contributed by atoms with E-state index in [-0.39, 0.29) is 41.3 Å². The van der Waals surface area contributed by atoms with Gasteiger partial charge in [-0.2, -0.15) is 17.5 Å². The van der Waals surface area contributed by atoms with E-state index in [9.17, 15) is 18.0 Å². The van der Waals surface area contributed by atoms with Gasteiger partial charge in [-0.15, -0.1) is 0 Å². The van der Waals surface area contributed by atoms with Crippen molar-refractivity contribution < 1.29 is 45.4 Å². The number of sulfonamides is 1. The predicted molar refractivity (Wildman–Crippen MR) is 197 cm³/mol. The smallest absolute Gasteiger partial charge is 0.416 e. The van der Waals surface area contributed by atoms with Crippen LogP contribution in [0.4, 0.5) is 13.2 Å². The third kappa shape index (κ3) is 6.25. The van der Waals surface area contributed by atoms with E-state index in [1.54, 1.807) is 24.3 Å². The zero-order valence-electron chi connectivity index (χ0n) is 31.9. The van der Waals surface area contributed by atoms with E-state index < -0.39 is 62.0 Å². The zero-order chi connectivity index (χ0) is 38.7. The molecule has 2 bridgehead atoms. The second-order valence-electron chi connectivity index (χ2n) is 17.1. The van der Waals surface area contributed by atoms with Crippen molar-refractivity contribution in [2.24, 2.45) is 16.7 Å². The van der Waals surface area contributed by atoms with Gasteiger partial charge in [-0.05, 0) is 97.6 Å². The number of hydrogen-bond acceptors (Lipinski definition) is 7. The number of nitrogens with zero attached hydrogens (tertiary/aromatic N) is 1. The lowest BCUT2D eigenvalue weighted by Crippen LogP contribution is -2.56. The maximum Gasteiger partial charge on any atom is 0.416 e. The van der Waals surface area contributed by atoms with Crippen molar-refractivity contribution in [3.05, 3.63) is 64.7 Å². The number of carbonyl (C=O) groups is 2. The Morgan fingerprint density at radius 2 is 1.46 bits per heavy atom. The molecule has 0 heterocycles. The Kier molecular flexibility index (Phi) is 10.5. The summed E-state index contributed by atoms with van der Waals surface area (Å²) in [6, 6.07) is 10.0. The van der Waals surface area contributed by atoms with E-state index in [4.69, 9.17) is 14.2 Å². The highest BCUT2D eigenvalue weighted by Crippen LogP contribution is 2.68. The van der Waals surface area contributed by atoms with Gasteiger partial charge in [-0.25, -0.2) is 8.42 Å². The van der Waals surface area contributed by atoms with Gasteiger partial charge in [-0.3, -0.25) is 9.59 Å². The fourth-order valence-electron chi connectivity index (χ4n) is 11.5. The minimum atomic E-state index is -4.75. The molecule has 2 aromatic carbocycles. The number of fused-ring (bicyclic) bond motifs is 3. The molecular weight excluding hydrogens is 720 g/mol. The summed E-state index contributed by atoms with van der Waals surface area (Å²) in [7, 11) is -1.25. The molecule has 54 heavy (non-hydrogen) atoms. The lowest BCUT2D eigenvalue weighted by atomic mass is 9.69. The summed E-state index contributed by atoms with van der Waals surface area (Å²) >= 11 is 0. The monoisotopic (exact) mass is 773 g/mol. The second-order valence-corrected chi connectivity index (χ2v) is 18.9. The molecule has 296 valence electrons. The van der Waals surface area contributed by atoms with Crippen molar-refractivity contribution in [3.8, 4) is 5.75 Å². The zero-order valence-corrected chi connectivity index (χ0v) is 32.7. The van der Waals surface area contributed by atoms with Crippen molar-refractivity contribution in [2.45, 2.75) is 139 Å². The highest BCUT2D eigenvalue weighted by atomic mass is 32.2. The Labute approximate surface area is 317 Å². The molecule has 4 saturated carbocycles. The van der Waals surface area contributed by atoms with Crippen LogP contribution in [0.1, 0.15) is 125 Å². The van der Waals surface area contributed by atoms with Gasteiger partial charge in [-0.1, -0.05) is 76.6 Å². The van der Waals surface area contributed by atoms with Crippen LogP contribution in [-0.2, 0) is 47.1 Å². The van der Waals surface area contributed by atoms with Crippen LogP contribution in [0.5, 0.6) is 5.75 Å². The average Bonchev–Trinajstić information content (AvgIpc) is 3.69. The molecule has 2 aromatic rings. The summed E-state index contributed by atoms with van der Waals surface area (Å²) in [5.41, 5.74) is -4.50. The molecule has 0 aromatic heterocycles. The molecule has 0 saturated heterocycles. The number of ether oxygens (including phenoxy) is 3. The summed E-state index contributed by atoms with van der Waals surface area (Å²) < 4.78 is 92.8. The van der Waals surface area contributed by atoms with Gasteiger partial charge in [0.1, 0.15) is 11.9 Å². The first-order valence-corrected chi connectivity index (χ1v) is 21.4. The van der Waals surface area contributed by atoms with Crippen molar-refractivity contribution >= 4 is 22.0 Å². The average molecular weight is 774 g/mol. The maximum absolute atomic E-state index is 15.2. The van der Waals surface area contributed by atoms with Crippen molar-refractivity contribution in [1.29, 1.82) is 0 Å². The molecule has 5 atom stereocenters. The molecule has 12 heteroatoms. The maximum atomic E-state index is 15.2. The van der Waals surface area contributed by atoms with Gasteiger partial charge in [0.05, 0.1) is 25.5 Å². The van der Waals surface area contributed by atoms with Crippen molar-refractivity contribution in [2.75, 3.05) is 20.0 Å². The molecule has 0 radical (unpaired) electrons. The summed E-state index contributed by atoms with van der Waals surface area (Å²) in [6.45, 7) is 4.13. The summed E-state index contributed by atoms with van der Waals surface area (Å²) in [5, 5.41) is 0. The molecule has 0 unspecified atom stereocenters. The molecule has 0 aliphatic heterocycles. The largest absolute Gasteiger partial charge is 0.497 e. The highest BCUT2D eigenvalue weighted by Gasteiger charge is 2.69. The Hall–Kier alpha value is -3.12. The Balaban J connectivity index is 1.31. The van der Waals surface area contributed by atoms with Crippen molar-refractivity contribution in [1.82, 2.24) is 4.31 Å². The minimum Gasteiger partial charge on any atom is -0.497 e. The normalized spacial score (nSPS) is 30.0. The van der Waals surface area contributed by atoms with Crippen LogP contribution < -0.4 is 4.74 Å². The highest BCUT2D eigenvalue weighted by molar-refractivity contribution is 7.89. The molecule has 0 amide bonds. The van der Waals surface area contributed by atoms with Crippen LogP contribution in [-0.4, -0.2) is 62.8 Å². The molecule has 4 fully saturated rings. The molecule has 5 aliphatic rings. The van der Waals surface area contributed by atoms with Gasteiger partial charge < -0.3 is 14.2 Å². The van der Waals surface area contributed by atoms with Gasteiger partial charge in [0.2, 0.25) is 10.0 Å². The quantitative estimate of drug-likeness (QED) is 0.176. The Morgan fingerprint density at radius 1 is 0.852 bits per heavy atom. The van der Waals surface area contributed by atoms with E-state index in [1.165, 1.54) is 19.2 Å². The predicted octanol–water partition coefficient (Wildman–Crippen LogP) is 8.50. The second kappa shape index (κ2) is 14.4. The third-order valence-corrected chi connectivity index (χ3v) is 16.5. The van der Waals surface area contributed by atoms with Crippen LogP contribution >= 0.6 is 0 Å². The van der Waals surface area contributed by atoms with E-state index in [0.29, 0.717) is 24.2 Å². The van der Waals surface area contributed by atoms with Crippen LogP contribution in [0.2, 0.25) is 0 Å². The number of halogens is 3. The van der Waals surface area contributed by atoms with Gasteiger partial charge in [0, 0.05) is 23.4 Å². The topological polar surface area (TPSA) is 99.2 Å². The fraction of sp³-hybridized carbons (Fsp3) is 0.667. The van der Waals surface area contributed by atoms with Crippen molar-refractivity contribution in [3.63, 3.8) is 0 Å². The SMILES string of the molecule is COC(=O)[C@@]1(C(=O)O[C@H]2C[C@@H]3CC[C@@]2(CS(=O)(=O)N(C2CCCCC2)C2CCCCC2)C3(C)C)c2cccc(C(F)(F)F)c2C[C@@H]1c1ccc(OC)cc1. The van der Waals surface area contributed by atoms with Crippen LogP contribution in [0.3, 0.4) is 0 Å². The minimum absolute atomic E-state index is 0.0578. The first kappa shape index (κ1) is 39.1. The molecule has 0 spiro atoms. The third-order valence-electron chi connectivity index (χ3n) is 14.4. The molecule has 7 rings (SSSR count). The fourth-order valence-corrected chi connectivity index (χ4v) is 14.3. The van der Waals surface area contributed by atoms with Gasteiger partial charge in [0.25, 0.3) is 0 Å². The lowest BCUT2D eigenvalue weighted by molar-refractivity contribution is -0.173. The molecule has 0 N–H and O–H groups in total. The molecule has 5 aliphatic carbocycles. The van der Waals surface area contributed by atoms with Crippen LogP contribution in [0.25, 0.3) is 0 Å². The van der Waals surface area contributed by atoms with Crippen LogP contribution in [0.15, 0.2) is 42.5 Å². The van der Waals surface area contributed by atoms with Gasteiger partial charge in [0.15, 0.2) is 5.41 Å². The summed E-state index contributed by atoms with van der Waals surface area (Å²) in [6.07, 6.45) is 5.30. The number of benzene rings is 2. The number of hydrogen-bond donors (Lipinski definition) is 0. The van der Waals surface area contributed by atoms with Crippen LogP contribution in [0, 0.1) is 16.7 Å². The standard InChI is InChI=1S/C42H54F3NO7S/c1-39(2)28-22-23-40(39,26-54(49,50)46(29-12-7-5-8-13-29)30-14-9-6-10-15-30)36(24-28)53-38(48)41(37(47)52-4)33-16-11-17-34(42(43,44)45)32(33)25-35(41)27-18-20-31(51-3)21-19-27/h11,16-21,28-30,35-36H,5-10,12-15,22-26H2,1-4H3/t28-,35+,36-,40-,41+/m0/s1. The first-order valence-electron chi connectivity index (χ1n) is 19.8. The van der Waals surface area contributed by atoms with Gasteiger partial charge >= 0.3 is 18.1 Å². The number of rotatable bonds is 10. The van der Waals surface area contributed by atoms with E-state index >= 15 is 13.2 Å². The summed E-state index contributed by atoms with van der Waals surface area (Å²) in [4.78, 5) is 29.5. The first-order chi connectivity index (χ1) is 25.6. The van der Waals surface area contributed by atoms with E-state index in [2.05, 4.69) is 13.8 Å². The Morgan fingerprint density at radius 3 is 2.00 bits per heavy atom. The van der Waals surface area contributed by atoms with E-state index in [0.717, 1.165) is 83.8 Å². The number of carbonyl (C=O) groups excluding carboxylic acids is 2. The molecular formula is C42H54F3NO7S.